The highest BCUT2D eigenvalue weighted by Gasteiger charge is 2.07. The minimum atomic E-state index is 0.847. The molecule has 0 unspecified atom stereocenters. The van der Waals surface area contributed by atoms with E-state index in [1.54, 1.807) is 22.7 Å². The zero-order chi connectivity index (χ0) is 9.97. The fraction of sp³-hybridized carbons (Fsp3) is 0.300. The van der Waals surface area contributed by atoms with E-state index in [1.807, 2.05) is 7.05 Å². The van der Waals surface area contributed by atoms with Crippen LogP contribution in [0.25, 0.3) is 10.6 Å². The zero-order valence-corrected chi connectivity index (χ0v) is 9.84. The van der Waals surface area contributed by atoms with Crippen molar-refractivity contribution < 1.29 is 0 Å². The third-order valence-corrected chi connectivity index (χ3v) is 3.78. The van der Waals surface area contributed by atoms with Gasteiger partial charge >= 0.3 is 0 Å². The molecule has 1 N–H and O–H groups in total. The van der Waals surface area contributed by atoms with Crippen LogP contribution >= 0.6 is 22.7 Å². The van der Waals surface area contributed by atoms with Crippen LogP contribution in [0.5, 0.6) is 0 Å². The first-order valence-corrected chi connectivity index (χ1v) is 6.25. The summed E-state index contributed by atoms with van der Waals surface area (Å²) in [6.45, 7) is 2.98. The summed E-state index contributed by atoms with van der Waals surface area (Å²) >= 11 is 3.45. The number of nitrogens with zero attached hydrogens (tertiary/aromatic N) is 1. The van der Waals surface area contributed by atoms with Crippen LogP contribution in [0.4, 0.5) is 0 Å². The quantitative estimate of drug-likeness (QED) is 0.867. The molecular formula is C10H12N2S2. The van der Waals surface area contributed by atoms with Gasteiger partial charge in [-0.05, 0) is 24.9 Å². The molecule has 0 saturated carbocycles. The molecular weight excluding hydrogens is 212 g/mol. The van der Waals surface area contributed by atoms with E-state index in [0.717, 1.165) is 17.2 Å². The Labute approximate surface area is 91.6 Å². The molecule has 0 radical (unpaired) electrons. The molecule has 2 aromatic rings. The van der Waals surface area contributed by atoms with Crippen molar-refractivity contribution in [2.75, 3.05) is 7.05 Å². The van der Waals surface area contributed by atoms with E-state index in [1.165, 1.54) is 11.1 Å². The van der Waals surface area contributed by atoms with Gasteiger partial charge in [0.15, 0.2) is 0 Å². The number of thiazole rings is 1. The molecule has 0 bridgehead atoms. The largest absolute Gasteiger partial charge is 0.314 e. The van der Waals surface area contributed by atoms with Crippen LogP contribution in [-0.2, 0) is 6.54 Å². The standard InChI is InChI=1S/C10H12N2S2/c1-7-4-13-6-9(7)10-12-8(3-11-2)5-14-10/h4-6,11H,3H2,1-2H3. The predicted octanol–water partition coefficient (Wildman–Crippen LogP) is 2.90. The lowest BCUT2D eigenvalue weighted by molar-refractivity contribution is 0.798. The molecule has 0 aromatic carbocycles. The lowest BCUT2D eigenvalue weighted by atomic mass is 10.2. The average Bonchev–Trinajstić information content (AvgIpc) is 2.74. The molecule has 0 fully saturated rings. The molecule has 2 rings (SSSR count). The van der Waals surface area contributed by atoms with Gasteiger partial charge in [-0.15, -0.1) is 11.3 Å². The smallest absolute Gasteiger partial charge is 0.124 e. The molecule has 2 aromatic heterocycles. The number of aromatic nitrogens is 1. The van der Waals surface area contributed by atoms with Crippen LogP contribution in [0.3, 0.4) is 0 Å². The number of hydrogen-bond acceptors (Lipinski definition) is 4. The van der Waals surface area contributed by atoms with Crippen LogP contribution in [-0.4, -0.2) is 12.0 Å². The average molecular weight is 224 g/mol. The number of hydrogen-bond donors (Lipinski definition) is 1. The van der Waals surface area contributed by atoms with Crippen molar-refractivity contribution in [3.63, 3.8) is 0 Å². The van der Waals surface area contributed by atoms with Crippen molar-refractivity contribution >= 4 is 22.7 Å². The van der Waals surface area contributed by atoms with Gasteiger partial charge in [0, 0.05) is 22.9 Å². The number of nitrogens with one attached hydrogen (secondary N) is 1. The van der Waals surface area contributed by atoms with Gasteiger partial charge in [-0.25, -0.2) is 4.98 Å². The molecule has 0 aliphatic heterocycles. The van der Waals surface area contributed by atoms with Crippen LogP contribution in [0, 0.1) is 6.92 Å². The Morgan fingerprint density at radius 1 is 1.36 bits per heavy atom. The highest BCUT2D eigenvalue weighted by atomic mass is 32.1. The molecule has 14 heavy (non-hydrogen) atoms. The summed E-state index contributed by atoms with van der Waals surface area (Å²) in [5, 5.41) is 10.7. The zero-order valence-electron chi connectivity index (χ0n) is 8.20. The molecule has 0 aliphatic rings. The Hall–Kier alpha value is -0.710. The number of rotatable bonds is 3. The Bertz CT molecular complexity index is 417. The predicted molar refractivity (Wildman–Crippen MR) is 62.9 cm³/mol. The molecule has 74 valence electrons. The van der Waals surface area contributed by atoms with Gasteiger partial charge < -0.3 is 5.32 Å². The fourth-order valence-corrected chi connectivity index (χ4v) is 3.08. The first-order valence-electron chi connectivity index (χ1n) is 4.43. The van der Waals surface area contributed by atoms with Crippen LogP contribution in [0.2, 0.25) is 0 Å². The molecule has 0 aliphatic carbocycles. The Kier molecular flexibility index (Phi) is 2.96. The Morgan fingerprint density at radius 2 is 2.21 bits per heavy atom. The summed E-state index contributed by atoms with van der Waals surface area (Å²) in [6.07, 6.45) is 0. The Balaban J connectivity index is 2.29. The van der Waals surface area contributed by atoms with Crippen LogP contribution in [0.15, 0.2) is 16.1 Å². The van der Waals surface area contributed by atoms with Gasteiger partial charge in [0.1, 0.15) is 5.01 Å². The van der Waals surface area contributed by atoms with Crippen molar-refractivity contribution in [1.29, 1.82) is 0 Å². The highest BCUT2D eigenvalue weighted by Crippen LogP contribution is 2.29. The third-order valence-electron chi connectivity index (χ3n) is 2.00. The fourth-order valence-electron chi connectivity index (χ4n) is 1.27. The summed E-state index contributed by atoms with van der Waals surface area (Å²) < 4.78 is 0. The van der Waals surface area contributed by atoms with Gasteiger partial charge in [-0.2, -0.15) is 11.3 Å². The minimum absolute atomic E-state index is 0.847. The topological polar surface area (TPSA) is 24.9 Å². The van der Waals surface area contributed by atoms with Crippen molar-refractivity contribution in [1.82, 2.24) is 10.3 Å². The maximum absolute atomic E-state index is 4.57. The molecule has 2 heterocycles. The Morgan fingerprint density at radius 3 is 2.86 bits per heavy atom. The maximum atomic E-state index is 4.57. The van der Waals surface area contributed by atoms with Gasteiger partial charge in [0.2, 0.25) is 0 Å². The second kappa shape index (κ2) is 4.21. The SMILES string of the molecule is CNCc1csc(-c2cscc2C)n1. The van der Waals surface area contributed by atoms with Crippen molar-refractivity contribution in [2.45, 2.75) is 13.5 Å². The highest BCUT2D eigenvalue weighted by molar-refractivity contribution is 7.14. The molecule has 0 spiro atoms. The van der Waals surface area contributed by atoms with Crippen molar-refractivity contribution in [3.8, 4) is 10.6 Å². The van der Waals surface area contributed by atoms with E-state index >= 15 is 0 Å². The first-order chi connectivity index (χ1) is 6.81. The van der Waals surface area contributed by atoms with Crippen molar-refractivity contribution in [3.05, 3.63) is 27.4 Å². The van der Waals surface area contributed by atoms with Crippen LogP contribution < -0.4 is 5.32 Å². The lowest BCUT2D eigenvalue weighted by Crippen LogP contribution is -2.04. The molecule has 2 nitrogen and oxygen atoms in total. The summed E-state index contributed by atoms with van der Waals surface area (Å²) in [4.78, 5) is 4.57. The summed E-state index contributed by atoms with van der Waals surface area (Å²) in [7, 11) is 1.94. The van der Waals surface area contributed by atoms with Gasteiger partial charge in [-0.3, -0.25) is 0 Å². The molecule has 0 saturated heterocycles. The van der Waals surface area contributed by atoms with E-state index in [9.17, 15) is 0 Å². The van der Waals surface area contributed by atoms with Gasteiger partial charge in [-0.1, -0.05) is 0 Å². The van der Waals surface area contributed by atoms with E-state index < -0.39 is 0 Å². The molecule has 0 atom stereocenters. The van der Waals surface area contributed by atoms with Crippen molar-refractivity contribution in [2.24, 2.45) is 0 Å². The lowest BCUT2D eigenvalue weighted by Gasteiger charge is -1.93. The minimum Gasteiger partial charge on any atom is -0.314 e. The second-order valence-corrected chi connectivity index (χ2v) is 4.74. The van der Waals surface area contributed by atoms with Crippen LogP contribution in [0.1, 0.15) is 11.3 Å². The number of thiophene rings is 1. The maximum Gasteiger partial charge on any atom is 0.124 e. The molecule has 0 amide bonds. The van der Waals surface area contributed by atoms with Gasteiger partial charge in [0.25, 0.3) is 0 Å². The molecule has 4 heteroatoms. The monoisotopic (exact) mass is 224 g/mol. The second-order valence-electron chi connectivity index (χ2n) is 3.14. The first kappa shape index (κ1) is 9.83. The van der Waals surface area contributed by atoms with E-state index in [2.05, 4.69) is 33.4 Å². The summed E-state index contributed by atoms with van der Waals surface area (Å²) in [5.74, 6) is 0. The normalized spacial score (nSPS) is 10.7. The number of aryl methyl sites for hydroxylation is 1. The van der Waals surface area contributed by atoms with E-state index in [0.29, 0.717) is 0 Å². The third kappa shape index (κ3) is 1.87. The summed E-state index contributed by atoms with van der Waals surface area (Å²) in [5.41, 5.74) is 3.72. The van der Waals surface area contributed by atoms with E-state index in [4.69, 9.17) is 0 Å². The van der Waals surface area contributed by atoms with Gasteiger partial charge in [0.05, 0.1) is 5.69 Å². The van der Waals surface area contributed by atoms with E-state index in [-0.39, 0.29) is 0 Å². The summed E-state index contributed by atoms with van der Waals surface area (Å²) in [6, 6.07) is 0.